The highest BCUT2D eigenvalue weighted by Gasteiger charge is 2.22. The summed E-state index contributed by atoms with van der Waals surface area (Å²) in [6.45, 7) is 0. The molecule has 0 amide bonds. The summed E-state index contributed by atoms with van der Waals surface area (Å²) < 4.78 is 7.52. The van der Waals surface area contributed by atoms with Gasteiger partial charge in [-0.3, -0.25) is 9.38 Å². The molecule has 0 unspecified atom stereocenters. The first-order valence-electron chi connectivity index (χ1n) is 10.2. The van der Waals surface area contributed by atoms with E-state index >= 15 is 0 Å². The number of pyridine rings is 2. The summed E-state index contributed by atoms with van der Waals surface area (Å²) in [5.74, 6) is 0. The van der Waals surface area contributed by atoms with Crippen LogP contribution in [0.3, 0.4) is 0 Å². The molecule has 0 aliphatic carbocycles. The Morgan fingerprint density at radius 1 is 0.613 bits per heavy atom. The van der Waals surface area contributed by atoms with Crippen molar-refractivity contribution in [2.45, 2.75) is 0 Å². The summed E-state index contributed by atoms with van der Waals surface area (Å²) >= 11 is 3.75. The lowest BCUT2D eigenvalue weighted by Gasteiger charge is -2.10. The van der Waals surface area contributed by atoms with Crippen LogP contribution in [0.1, 0.15) is 0 Å². The molecule has 0 radical (unpaired) electrons. The van der Waals surface area contributed by atoms with E-state index in [9.17, 15) is 0 Å². The minimum Gasteiger partial charge on any atom is -0.298 e. The highest BCUT2D eigenvalue weighted by molar-refractivity contribution is 7.29. The number of imidazole rings is 1. The molecule has 0 fully saturated rings. The lowest BCUT2D eigenvalue weighted by Crippen LogP contribution is -1.92. The van der Waals surface area contributed by atoms with E-state index in [4.69, 9.17) is 9.97 Å². The van der Waals surface area contributed by atoms with Gasteiger partial charge in [-0.1, -0.05) is 36.4 Å². The van der Waals surface area contributed by atoms with Crippen LogP contribution < -0.4 is 0 Å². The summed E-state index contributed by atoms with van der Waals surface area (Å²) in [6.07, 6.45) is 5.89. The van der Waals surface area contributed by atoms with E-state index in [0.717, 1.165) is 16.6 Å². The third kappa shape index (κ3) is 1.89. The Bertz CT molecular complexity index is 2010. The minimum absolute atomic E-state index is 0.967. The number of benzene rings is 3. The fourth-order valence-electron chi connectivity index (χ4n) is 5.07. The van der Waals surface area contributed by atoms with E-state index in [0.29, 0.717) is 0 Å². The van der Waals surface area contributed by atoms with Gasteiger partial charge in [0.1, 0.15) is 5.65 Å². The zero-order valence-corrected chi connectivity index (χ0v) is 17.8. The molecule has 0 bridgehead atoms. The van der Waals surface area contributed by atoms with Gasteiger partial charge in [-0.2, -0.15) is 0 Å². The second-order valence-corrected chi connectivity index (χ2v) is 9.95. The Balaban J connectivity index is 1.88. The average Bonchev–Trinajstić information content (AvgIpc) is 3.53. The summed E-state index contributed by atoms with van der Waals surface area (Å²) in [5, 5.41) is 7.69. The number of aromatic nitrogens is 3. The number of thiophene rings is 2. The number of hydrogen-bond acceptors (Lipinski definition) is 4. The standard InChI is InChI=1S/C26H13N3S2/c1-3-9-17-14(6-1)19-20-15-7-2-4-10-18(15)31-25(20)23-21(24(19)30-17)22-16(8-5-11-27-22)26-28-12-13-29(23)26/h1-13H. The fraction of sp³-hybridized carbons (Fsp3) is 0. The maximum absolute atomic E-state index is 4.88. The second kappa shape index (κ2) is 5.58. The molecule has 5 heteroatoms. The third-order valence-electron chi connectivity index (χ3n) is 6.29. The molecular weight excluding hydrogens is 418 g/mol. The van der Waals surface area contributed by atoms with E-state index in [1.54, 1.807) is 0 Å². The Morgan fingerprint density at radius 2 is 1.29 bits per heavy atom. The van der Waals surface area contributed by atoms with Gasteiger partial charge >= 0.3 is 0 Å². The Hall–Kier alpha value is -3.54. The van der Waals surface area contributed by atoms with Crippen LogP contribution in [-0.2, 0) is 0 Å². The van der Waals surface area contributed by atoms with Crippen LogP contribution in [0, 0.1) is 0 Å². The third-order valence-corrected chi connectivity index (χ3v) is 8.65. The van der Waals surface area contributed by atoms with E-state index in [2.05, 4.69) is 65.2 Å². The molecule has 144 valence electrons. The molecule has 0 N–H and O–H groups in total. The van der Waals surface area contributed by atoms with Gasteiger partial charge in [0.15, 0.2) is 0 Å². The van der Waals surface area contributed by atoms with Crippen molar-refractivity contribution >= 4 is 90.5 Å². The smallest absolute Gasteiger partial charge is 0.146 e. The highest BCUT2D eigenvalue weighted by Crippen LogP contribution is 2.50. The molecule has 0 saturated carbocycles. The lowest BCUT2D eigenvalue weighted by atomic mass is 10.0. The Kier molecular flexibility index (Phi) is 2.91. The Labute approximate surface area is 183 Å². The molecule has 0 aliphatic heterocycles. The average molecular weight is 432 g/mol. The van der Waals surface area contributed by atoms with Crippen LogP contribution >= 0.6 is 22.7 Å². The van der Waals surface area contributed by atoms with Crippen molar-refractivity contribution in [3.05, 3.63) is 79.3 Å². The zero-order valence-electron chi connectivity index (χ0n) is 16.2. The van der Waals surface area contributed by atoms with Crippen LogP contribution in [0.5, 0.6) is 0 Å². The summed E-state index contributed by atoms with van der Waals surface area (Å²) in [6, 6.07) is 21.7. The summed E-state index contributed by atoms with van der Waals surface area (Å²) in [7, 11) is 0. The summed E-state index contributed by atoms with van der Waals surface area (Å²) in [5.41, 5.74) is 3.22. The lowest BCUT2D eigenvalue weighted by molar-refractivity contribution is 1.28. The maximum atomic E-state index is 4.88. The van der Waals surface area contributed by atoms with Gasteiger partial charge in [0.05, 0.1) is 15.7 Å². The summed E-state index contributed by atoms with van der Waals surface area (Å²) in [4.78, 5) is 9.59. The molecule has 0 saturated heterocycles. The predicted molar refractivity (Wildman–Crippen MR) is 134 cm³/mol. The molecule has 3 aromatic carbocycles. The fourth-order valence-corrected chi connectivity index (χ4v) is 7.58. The molecule has 31 heavy (non-hydrogen) atoms. The molecule has 5 aromatic heterocycles. The monoisotopic (exact) mass is 431 g/mol. The highest BCUT2D eigenvalue weighted by atomic mass is 32.1. The van der Waals surface area contributed by atoms with E-state index in [-0.39, 0.29) is 0 Å². The molecule has 0 aliphatic rings. The number of nitrogens with zero attached hydrogens (tertiary/aromatic N) is 3. The van der Waals surface area contributed by atoms with Crippen molar-refractivity contribution in [1.82, 2.24) is 14.4 Å². The Morgan fingerprint density at radius 3 is 2.10 bits per heavy atom. The van der Waals surface area contributed by atoms with E-state index < -0.39 is 0 Å². The van der Waals surface area contributed by atoms with Gasteiger partial charge in [0, 0.05) is 65.0 Å². The van der Waals surface area contributed by atoms with Gasteiger partial charge in [-0.15, -0.1) is 22.7 Å². The van der Waals surface area contributed by atoms with Crippen molar-refractivity contribution in [3.8, 4) is 0 Å². The molecule has 0 atom stereocenters. The SMILES string of the molecule is c1ccc2c(c1)sc1c2c2c3ccccc3sc2c2c1c1ncccc1c1nccn12. The van der Waals surface area contributed by atoms with Gasteiger partial charge in [-0.05, 0) is 24.3 Å². The maximum Gasteiger partial charge on any atom is 0.146 e. The predicted octanol–water partition coefficient (Wildman–Crippen LogP) is 7.77. The topological polar surface area (TPSA) is 30.2 Å². The van der Waals surface area contributed by atoms with Crippen molar-refractivity contribution < 1.29 is 0 Å². The molecule has 0 spiro atoms. The van der Waals surface area contributed by atoms with E-state index in [1.165, 1.54) is 51.2 Å². The van der Waals surface area contributed by atoms with Gasteiger partial charge < -0.3 is 0 Å². The van der Waals surface area contributed by atoms with Crippen molar-refractivity contribution in [3.63, 3.8) is 0 Å². The first-order valence-corrected chi connectivity index (χ1v) is 11.8. The van der Waals surface area contributed by atoms with Crippen LogP contribution in [0.2, 0.25) is 0 Å². The molecular formula is C26H13N3S2. The molecule has 8 rings (SSSR count). The molecule has 5 heterocycles. The number of hydrogen-bond donors (Lipinski definition) is 0. The van der Waals surface area contributed by atoms with Gasteiger partial charge in [-0.25, -0.2) is 4.98 Å². The molecule has 3 nitrogen and oxygen atoms in total. The first kappa shape index (κ1) is 16.2. The number of rotatable bonds is 0. The van der Waals surface area contributed by atoms with Crippen LogP contribution in [0.15, 0.2) is 79.3 Å². The van der Waals surface area contributed by atoms with Crippen LogP contribution in [-0.4, -0.2) is 14.4 Å². The second-order valence-electron chi connectivity index (χ2n) is 7.85. The van der Waals surface area contributed by atoms with Crippen molar-refractivity contribution in [1.29, 1.82) is 0 Å². The van der Waals surface area contributed by atoms with Crippen LogP contribution in [0.25, 0.3) is 67.8 Å². The van der Waals surface area contributed by atoms with Crippen molar-refractivity contribution in [2.24, 2.45) is 0 Å². The zero-order chi connectivity index (χ0) is 20.1. The van der Waals surface area contributed by atoms with Crippen LogP contribution in [0.4, 0.5) is 0 Å². The van der Waals surface area contributed by atoms with Gasteiger partial charge in [0.25, 0.3) is 0 Å². The van der Waals surface area contributed by atoms with Gasteiger partial charge in [0.2, 0.25) is 0 Å². The number of fused-ring (bicyclic) bond motifs is 15. The van der Waals surface area contributed by atoms with E-state index in [1.807, 2.05) is 41.1 Å². The largest absolute Gasteiger partial charge is 0.298 e. The van der Waals surface area contributed by atoms with Crippen molar-refractivity contribution in [2.75, 3.05) is 0 Å². The first-order chi connectivity index (χ1) is 15.4. The normalized spacial score (nSPS) is 12.5. The molecule has 8 aromatic rings. The minimum atomic E-state index is 0.967. The quantitative estimate of drug-likeness (QED) is 0.230.